The number of nitrogens with two attached hydrogens (primary N) is 1. The van der Waals surface area contributed by atoms with Gasteiger partial charge in [-0.15, -0.1) is 0 Å². The highest BCUT2D eigenvalue weighted by Gasteiger charge is 2.25. The van der Waals surface area contributed by atoms with E-state index < -0.39 is 0 Å². The summed E-state index contributed by atoms with van der Waals surface area (Å²) in [4.78, 5) is 26.6. The van der Waals surface area contributed by atoms with Crippen molar-refractivity contribution in [2.45, 2.75) is 25.8 Å². The van der Waals surface area contributed by atoms with Crippen LogP contribution in [0.15, 0.2) is 35.0 Å². The Morgan fingerprint density at radius 3 is 2.67 bits per heavy atom. The van der Waals surface area contributed by atoms with Crippen LogP contribution in [0, 0.1) is 6.92 Å². The minimum atomic E-state index is -0.0345. The third-order valence-electron chi connectivity index (χ3n) is 4.39. The molecule has 5 nitrogen and oxygen atoms in total. The molecule has 6 heteroatoms. The van der Waals surface area contributed by atoms with Crippen molar-refractivity contribution in [1.82, 2.24) is 10.2 Å². The zero-order valence-corrected chi connectivity index (χ0v) is 14.4. The van der Waals surface area contributed by atoms with Crippen molar-refractivity contribution in [2.75, 3.05) is 18.8 Å². The second-order valence-corrected chi connectivity index (χ2v) is 6.91. The lowest BCUT2D eigenvalue weighted by Crippen LogP contribution is -2.46. The average molecular weight is 343 g/mol. The van der Waals surface area contributed by atoms with Gasteiger partial charge in [0.1, 0.15) is 0 Å². The molecule has 0 atom stereocenters. The van der Waals surface area contributed by atoms with Gasteiger partial charge in [0.2, 0.25) is 0 Å². The Balaban J connectivity index is 1.57. The van der Waals surface area contributed by atoms with E-state index in [9.17, 15) is 9.59 Å². The smallest absolute Gasteiger partial charge is 0.254 e. The monoisotopic (exact) mass is 343 g/mol. The highest BCUT2D eigenvalue weighted by Crippen LogP contribution is 2.19. The quantitative estimate of drug-likeness (QED) is 0.841. The van der Waals surface area contributed by atoms with Gasteiger partial charge in [-0.2, -0.15) is 11.3 Å². The second kappa shape index (κ2) is 7.05. The molecule has 1 aromatic heterocycles. The summed E-state index contributed by atoms with van der Waals surface area (Å²) in [6, 6.07) is 7.35. The lowest BCUT2D eigenvalue weighted by Gasteiger charge is -2.32. The van der Waals surface area contributed by atoms with E-state index in [4.69, 9.17) is 5.73 Å². The maximum Gasteiger partial charge on any atom is 0.254 e. The van der Waals surface area contributed by atoms with Crippen molar-refractivity contribution < 1.29 is 9.59 Å². The van der Waals surface area contributed by atoms with Gasteiger partial charge in [0.25, 0.3) is 11.8 Å². The van der Waals surface area contributed by atoms with Crippen molar-refractivity contribution in [3.8, 4) is 0 Å². The number of aryl methyl sites for hydroxylation is 1. The SMILES string of the molecule is Cc1ccc(N)cc1C(=O)N1CCC(NC(=O)c2ccsc2)CC1. The number of rotatable bonds is 3. The largest absolute Gasteiger partial charge is 0.399 e. The third kappa shape index (κ3) is 3.59. The first-order chi connectivity index (χ1) is 11.5. The fraction of sp³-hybridized carbons (Fsp3) is 0.333. The number of piperidine rings is 1. The summed E-state index contributed by atoms with van der Waals surface area (Å²) in [6.07, 6.45) is 1.53. The van der Waals surface area contributed by atoms with E-state index >= 15 is 0 Å². The first kappa shape index (κ1) is 16.5. The fourth-order valence-electron chi connectivity index (χ4n) is 2.93. The van der Waals surface area contributed by atoms with Crippen molar-refractivity contribution in [1.29, 1.82) is 0 Å². The molecular weight excluding hydrogens is 322 g/mol. The van der Waals surface area contributed by atoms with Gasteiger partial charge in [-0.1, -0.05) is 6.07 Å². The number of thiophene rings is 1. The number of hydrogen-bond donors (Lipinski definition) is 2. The van der Waals surface area contributed by atoms with Gasteiger partial charge in [0.15, 0.2) is 0 Å². The van der Waals surface area contributed by atoms with Gasteiger partial charge < -0.3 is 16.0 Å². The molecule has 0 unspecified atom stereocenters. The van der Waals surface area contributed by atoms with Crippen molar-refractivity contribution in [2.24, 2.45) is 0 Å². The fourth-order valence-corrected chi connectivity index (χ4v) is 3.57. The standard InChI is InChI=1S/C18H21N3O2S/c1-12-2-3-14(19)10-16(12)18(23)21-7-4-15(5-8-21)20-17(22)13-6-9-24-11-13/h2-3,6,9-11,15H,4-5,7-8,19H2,1H3,(H,20,22). The molecule has 3 N–H and O–H groups in total. The van der Waals surface area contributed by atoms with Crippen molar-refractivity contribution in [3.63, 3.8) is 0 Å². The number of nitrogen functional groups attached to an aromatic ring is 1. The first-order valence-corrected chi connectivity index (χ1v) is 8.97. The van der Waals surface area contributed by atoms with Crippen LogP contribution >= 0.6 is 11.3 Å². The predicted octanol–water partition coefficient (Wildman–Crippen LogP) is 2.67. The normalized spacial score (nSPS) is 15.3. The summed E-state index contributed by atoms with van der Waals surface area (Å²) in [5.74, 6) is -0.0184. The summed E-state index contributed by atoms with van der Waals surface area (Å²) >= 11 is 1.51. The average Bonchev–Trinajstić information content (AvgIpc) is 3.12. The van der Waals surface area contributed by atoms with Gasteiger partial charge in [0, 0.05) is 41.3 Å². The number of likely N-dealkylation sites (tertiary alicyclic amines) is 1. The number of benzene rings is 1. The highest BCUT2D eigenvalue weighted by atomic mass is 32.1. The molecule has 24 heavy (non-hydrogen) atoms. The molecule has 0 saturated carbocycles. The number of carbonyl (C=O) groups is 2. The molecule has 2 aromatic rings. The van der Waals surface area contributed by atoms with E-state index in [0.29, 0.717) is 29.9 Å². The second-order valence-electron chi connectivity index (χ2n) is 6.13. The number of nitrogens with one attached hydrogen (secondary N) is 1. The molecule has 2 amide bonds. The summed E-state index contributed by atoms with van der Waals surface area (Å²) < 4.78 is 0. The molecule has 1 saturated heterocycles. The van der Waals surface area contributed by atoms with Crippen LogP contribution in [0.5, 0.6) is 0 Å². The van der Waals surface area contributed by atoms with Crippen molar-refractivity contribution >= 4 is 28.8 Å². The van der Waals surface area contributed by atoms with E-state index in [1.807, 2.05) is 34.7 Å². The maximum atomic E-state index is 12.7. The van der Waals surface area contributed by atoms with E-state index in [-0.39, 0.29) is 17.9 Å². The van der Waals surface area contributed by atoms with Crippen LogP contribution in [0.4, 0.5) is 5.69 Å². The van der Waals surface area contributed by atoms with Crippen LogP contribution in [0.3, 0.4) is 0 Å². The maximum absolute atomic E-state index is 12.7. The Morgan fingerprint density at radius 2 is 2.00 bits per heavy atom. The number of nitrogens with zero attached hydrogens (tertiary/aromatic N) is 1. The molecule has 0 aliphatic carbocycles. The van der Waals surface area contributed by atoms with E-state index in [1.54, 1.807) is 12.1 Å². The van der Waals surface area contributed by atoms with Crippen LogP contribution in [0.2, 0.25) is 0 Å². The summed E-state index contributed by atoms with van der Waals surface area (Å²) in [5.41, 5.74) is 8.70. The highest BCUT2D eigenvalue weighted by molar-refractivity contribution is 7.08. The number of amides is 2. The van der Waals surface area contributed by atoms with Crippen LogP contribution in [0.25, 0.3) is 0 Å². The van der Waals surface area contributed by atoms with Gasteiger partial charge in [-0.05, 0) is 48.9 Å². The molecule has 0 radical (unpaired) electrons. The summed E-state index contributed by atoms with van der Waals surface area (Å²) in [5, 5.41) is 6.79. The van der Waals surface area contributed by atoms with Gasteiger partial charge >= 0.3 is 0 Å². The number of carbonyl (C=O) groups excluding carboxylic acids is 2. The van der Waals surface area contributed by atoms with Crippen molar-refractivity contribution in [3.05, 3.63) is 51.7 Å². The Kier molecular flexibility index (Phi) is 4.85. The minimum absolute atomic E-state index is 0.0161. The van der Waals surface area contributed by atoms with Gasteiger partial charge in [0.05, 0.1) is 0 Å². The molecule has 1 aliphatic rings. The molecule has 0 spiro atoms. The molecule has 126 valence electrons. The zero-order valence-electron chi connectivity index (χ0n) is 13.6. The summed E-state index contributed by atoms with van der Waals surface area (Å²) in [7, 11) is 0. The molecule has 1 aromatic carbocycles. The molecule has 3 rings (SSSR count). The van der Waals surface area contributed by atoms with Crippen LogP contribution in [0.1, 0.15) is 39.1 Å². The predicted molar refractivity (Wildman–Crippen MR) is 96.3 cm³/mol. The van der Waals surface area contributed by atoms with E-state index in [1.165, 1.54) is 11.3 Å². The van der Waals surface area contributed by atoms with Crippen LogP contribution in [-0.4, -0.2) is 35.8 Å². The third-order valence-corrected chi connectivity index (χ3v) is 5.08. The lowest BCUT2D eigenvalue weighted by atomic mass is 10.0. The Labute approximate surface area is 145 Å². The Morgan fingerprint density at radius 1 is 1.25 bits per heavy atom. The topological polar surface area (TPSA) is 75.4 Å². The minimum Gasteiger partial charge on any atom is -0.399 e. The summed E-state index contributed by atoms with van der Waals surface area (Å²) in [6.45, 7) is 3.20. The molecule has 0 bridgehead atoms. The zero-order chi connectivity index (χ0) is 17.1. The van der Waals surface area contributed by atoms with E-state index in [0.717, 1.165) is 18.4 Å². The first-order valence-electron chi connectivity index (χ1n) is 8.03. The Bertz CT molecular complexity index is 735. The molecule has 1 aliphatic heterocycles. The van der Waals surface area contributed by atoms with Crippen LogP contribution < -0.4 is 11.1 Å². The number of hydrogen-bond acceptors (Lipinski definition) is 4. The molecule has 2 heterocycles. The van der Waals surface area contributed by atoms with Gasteiger partial charge in [-0.3, -0.25) is 9.59 Å². The molecular formula is C18H21N3O2S. The molecule has 1 fully saturated rings. The van der Waals surface area contributed by atoms with E-state index in [2.05, 4.69) is 5.32 Å². The lowest BCUT2D eigenvalue weighted by molar-refractivity contribution is 0.0697. The Hall–Kier alpha value is -2.34. The van der Waals surface area contributed by atoms with Crippen LogP contribution in [-0.2, 0) is 0 Å². The van der Waals surface area contributed by atoms with Gasteiger partial charge in [-0.25, -0.2) is 0 Å². The number of anilines is 1.